The van der Waals surface area contributed by atoms with Gasteiger partial charge in [-0.25, -0.2) is 0 Å². The third kappa shape index (κ3) is 4.77. The van der Waals surface area contributed by atoms with Crippen molar-refractivity contribution in [2.45, 2.75) is 17.9 Å². The number of nitrogens with zero attached hydrogens (tertiary/aromatic N) is 1. The summed E-state index contributed by atoms with van der Waals surface area (Å²) in [6.07, 6.45) is 1.85. The number of ether oxygens (including phenoxy) is 3. The van der Waals surface area contributed by atoms with E-state index in [1.165, 1.54) is 11.8 Å². The zero-order valence-electron chi connectivity index (χ0n) is 20.2. The molecular weight excluding hydrogens is 476 g/mol. The van der Waals surface area contributed by atoms with Gasteiger partial charge in [0.15, 0.2) is 11.5 Å². The Morgan fingerprint density at radius 2 is 1.89 bits per heavy atom. The maximum Gasteiger partial charge on any atom is 0.264 e. The van der Waals surface area contributed by atoms with Crippen LogP contribution in [0.5, 0.6) is 17.2 Å². The van der Waals surface area contributed by atoms with Gasteiger partial charge in [-0.1, -0.05) is 30.0 Å². The average molecular weight is 503 g/mol. The van der Waals surface area contributed by atoms with Gasteiger partial charge in [-0.2, -0.15) is 0 Å². The van der Waals surface area contributed by atoms with E-state index in [0.717, 1.165) is 21.8 Å². The van der Waals surface area contributed by atoms with Gasteiger partial charge in [0.1, 0.15) is 19.0 Å². The second-order valence-electron chi connectivity index (χ2n) is 8.53. The fraction of sp³-hybridized carbons (Fsp3) is 0.214. The lowest BCUT2D eigenvalue weighted by Gasteiger charge is -2.27. The van der Waals surface area contributed by atoms with Crippen LogP contribution in [0.1, 0.15) is 34.5 Å². The van der Waals surface area contributed by atoms with Crippen molar-refractivity contribution in [2.24, 2.45) is 0 Å². The maximum atomic E-state index is 13.1. The van der Waals surface area contributed by atoms with Crippen LogP contribution >= 0.6 is 11.8 Å². The van der Waals surface area contributed by atoms with Crippen LogP contribution in [0.3, 0.4) is 0 Å². The molecule has 1 atom stereocenters. The SMILES string of the molecule is COc1cccc(/C=C2\Sc3ccc(C(=O)N[C@@H](C)c4ccc5c(c4)OCCO5)cc3N(C)C2=O)c1. The van der Waals surface area contributed by atoms with Crippen molar-refractivity contribution in [3.8, 4) is 17.2 Å². The first kappa shape index (κ1) is 23.8. The van der Waals surface area contributed by atoms with Gasteiger partial charge in [0.05, 0.1) is 23.7 Å². The zero-order chi connectivity index (χ0) is 25.2. The molecule has 2 aliphatic rings. The van der Waals surface area contributed by atoms with E-state index >= 15 is 0 Å². The number of rotatable bonds is 5. The molecule has 7 nitrogen and oxygen atoms in total. The minimum absolute atomic E-state index is 0.127. The molecule has 2 aliphatic heterocycles. The highest BCUT2D eigenvalue weighted by Gasteiger charge is 2.27. The Balaban J connectivity index is 1.33. The lowest BCUT2D eigenvalue weighted by Crippen LogP contribution is -2.31. The molecule has 0 unspecified atom stereocenters. The predicted octanol–water partition coefficient (Wildman–Crippen LogP) is 5.07. The summed E-state index contributed by atoms with van der Waals surface area (Å²) in [6.45, 7) is 2.96. The molecule has 5 rings (SSSR count). The van der Waals surface area contributed by atoms with Crippen molar-refractivity contribution >= 4 is 35.3 Å². The molecule has 0 radical (unpaired) electrons. The predicted molar refractivity (Wildman–Crippen MR) is 140 cm³/mol. The molecule has 0 fully saturated rings. The number of fused-ring (bicyclic) bond motifs is 2. The first-order valence-electron chi connectivity index (χ1n) is 11.6. The number of hydrogen-bond acceptors (Lipinski definition) is 6. The van der Waals surface area contributed by atoms with Crippen LogP contribution in [0.15, 0.2) is 70.5 Å². The van der Waals surface area contributed by atoms with E-state index in [1.54, 1.807) is 31.2 Å². The Bertz CT molecular complexity index is 1370. The van der Waals surface area contributed by atoms with Gasteiger partial charge in [0, 0.05) is 17.5 Å². The molecule has 3 aromatic rings. The number of carbonyl (C=O) groups is 2. The zero-order valence-corrected chi connectivity index (χ0v) is 21.1. The van der Waals surface area contributed by atoms with E-state index in [1.807, 2.05) is 61.5 Å². The van der Waals surface area contributed by atoms with Crippen molar-refractivity contribution in [3.05, 3.63) is 82.3 Å². The van der Waals surface area contributed by atoms with Crippen LogP contribution in [-0.2, 0) is 4.79 Å². The number of nitrogens with one attached hydrogen (secondary N) is 1. The fourth-order valence-electron chi connectivity index (χ4n) is 4.11. The number of amides is 2. The van der Waals surface area contributed by atoms with Gasteiger partial charge in [0.25, 0.3) is 11.8 Å². The minimum atomic E-state index is -0.240. The van der Waals surface area contributed by atoms with Gasteiger partial charge in [-0.3, -0.25) is 9.59 Å². The first-order valence-corrected chi connectivity index (χ1v) is 12.4. The van der Waals surface area contributed by atoms with Crippen molar-refractivity contribution in [3.63, 3.8) is 0 Å². The topological polar surface area (TPSA) is 77.1 Å². The Kier molecular flexibility index (Phi) is 6.61. The summed E-state index contributed by atoms with van der Waals surface area (Å²) in [5.74, 6) is 1.78. The molecule has 0 bridgehead atoms. The Labute approximate surface area is 214 Å². The monoisotopic (exact) mass is 502 g/mol. The van der Waals surface area contributed by atoms with Crippen LogP contribution < -0.4 is 24.4 Å². The lowest BCUT2D eigenvalue weighted by atomic mass is 10.1. The number of thioether (sulfide) groups is 1. The lowest BCUT2D eigenvalue weighted by molar-refractivity contribution is -0.114. The van der Waals surface area contributed by atoms with E-state index in [0.29, 0.717) is 40.9 Å². The average Bonchev–Trinajstić information content (AvgIpc) is 2.91. The number of hydrogen-bond donors (Lipinski definition) is 1. The second kappa shape index (κ2) is 9.99. The molecule has 1 N–H and O–H groups in total. The molecule has 2 heterocycles. The highest BCUT2D eigenvalue weighted by molar-refractivity contribution is 8.04. The van der Waals surface area contributed by atoms with E-state index in [9.17, 15) is 9.59 Å². The standard InChI is InChI=1S/C28H26N2O5S/c1-17(19-7-9-23-24(16-19)35-12-11-34-23)29-27(31)20-8-10-25-22(15-20)30(2)28(32)26(36-25)14-18-5-4-6-21(13-18)33-3/h4-10,13-17H,11-12H2,1-3H3,(H,29,31)/b26-14-/t17-/m0/s1. The van der Waals surface area contributed by atoms with E-state index in [2.05, 4.69) is 5.32 Å². The highest BCUT2D eigenvalue weighted by Crippen LogP contribution is 2.42. The Hall–Kier alpha value is -3.91. The molecule has 0 aliphatic carbocycles. The number of carbonyl (C=O) groups excluding carboxylic acids is 2. The Morgan fingerprint density at radius 1 is 1.08 bits per heavy atom. The van der Waals surface area contributed by atoms with Crippen molar-refractivity contribution in [1.82, 2.24) is 5.32 Å². The van der Waals surface area contributed by atoms with Crippen LogP contribution in [0.25, 0.3) is 6.08 Å². The van der Waals surface area contributed by atoms with Crippen LogP contribution in [0, 0.1) is 0 Å². The van der Waals surface area contributed by atoms with Gasteiger partial charge in [-0.05, 0) is 66.6 Å². The largest absolute Gasteiger partial charge is 0.497 e. The van der Waals surface area contributed by atoms with Crippen molar-refractivity contribution in [2.75, 3.05) is 32.3 Å². The van der Waals surface area contributed by atoms with Gasteiger partial charge in [-0.15, -0.1) is 0 Å². The molecule has 184 valence electrons. The van der Waals surface area contributed by atoms with E-state index in [-0.39, 0.29) is 17.9 Å². The van der Waals surface area contributed by atoms with Crippen LogP contribution in [0.4, 0.5) is 5.69 Å². The number of anilines is 1. The smallest absolute Gasteiger partial charge is 0.264 e. The molecule has 36 heavy (non-hydrogen) atoms. The van der Waals surface area contributed by atoms with Gasteiger partial charge in [0.2, 0.25) is 0 Å². The molecule has 3 aromatic carbocycles. The highest BCUT2D eigenvalue weighted by atomic mass is 32.2. The van der Waals surface area contributed by atoms with Gasteiger partial charge < -0.3 is 24.4 Å². The van der Waals surface area contributed by atoms with Crippen molar-refractivity contribution < 1.29 is 23.8 Å². The first-order chi connectivity index (χ1) is 17.4. The maximum absolute atomic E-state index is 13.1. The molecule has 8 heteroatoms. The van der Waals surface area contributed by atoms with Crippen LogP contribution in [0.2, 0.25) is 0 Å². The van der Waals surface area contributed by atoms with E-state index in [4.69, 9.17) is 14.2 Å². The quantitative estimate of drug-likeness (QED) is 0.491. The third-order valence-electron chi connectivity index (χ3n) is 6.12. The number of methoxy groups -OCH3 is 1. The normalized spacial score (nSPS) is 16.4. The summed E-state index contributed by atoms with van der Waals surface area (Å²) in [6, 6.07) is 18.4. The molecule has 0 saturated heterocycles. The summed E-state index contributed by atoms with van der Waals surface area (Å²) >= 11 is 1.39. The second-order valence-corrected chi connectivity index (χ2v) is 9.62. The summed E-state index contributed by atoms with van der Waals surface area (Å²) in [5, 5.41) is 3.04. The van der Waals surface area contributed by atoms with Crippen LogP contribution in [-0.4, -0.2) is 39.2 Å². The molecular formula is C28H26N2O5S. The Morgan fingerprint density at radius 3 is 2.69 bits per heavy atom. The summed E-state index contributed by atoms with van der Waals surface area (Å²) in [4.78, 5) is 29.2. The summed E-state index contributed by atoms with van der Waals surface area (Å²) < 4.78 is 16.5. The number of benzene rings is 3. The minimum Gasteiger partial charge on any atom is -0.497 e. The van der Waals surface area contributed by atoms with Gasteiger partial charge >= 0.3 is 0 Å². The summed E-state index contributed by atoms with van der Waals surface area (Å²) in [7, 11) is 3.33. The molecule has 2 amide bonds. The molecule has 0 aromatic heterocycles. The molecule has 0 saturated carbocycles. The van der Waals surface area contributed by atoms with E-state index < -0.39 is 0 Å². The summed E-state index contributed by atoms with van der Waals surface area (Å²) in [5.41, 5.74) is 2.98. The van der Waals surface area contributed by atoms with Crippen molar-refractivity contribution in [1.29, 1.82) is 0 Å². The number of likely N-dealkylation sites (N-methyl/N-ethyl adjacent to an activating group) is 1. The third-order valence-corrected chi connectivity index (χ3v) is 7.20. The molecule has 0 spiro atoms. The fourth-order valence-corrected chi connectivity index (χ4v) is 5.20.